The van der Waals surface area contributed by atoms with Gasteiger partial charge in [0.15, 0.2) is 6.61 Å². The second-order valence-electron chi connectivity index (χ2n) is 7.93. The zero-order valence-electron chi connectivity index (χ0n) is 18.6. The van der Waals surface area contributed by atoms with E-state index in [1.165, 1.54) is 43.0 Å². The summed E-state index contributed by atoms with van der Waals surface area (Å²) in [4.78, 5) is 12.5. The highest BCUT2D eigenvalue weighted by Crippen LogP contribution is 2.30. The summed E-state index contributed by atoms with van der Waals surface area (Å²) in [5.41, 5.74) is 2.73. The molecule has 1 amide bonds. The average molecular weight is 501 g/mol. The maximum Gasteiger partial charge on any atom is 0.261 e. The molecule has 3 aromatic carbocycles. The first-order valence-electron chi connectivity index (χ1n) is 10.8. The molecule has 0 aliphatic heterocycles. The number of fused-ring (bicyclic) bond motifs is 1. The highest BCUT2D eigenvalue weighted by atomic mass is 35.5. The molecule has 1 aliphatic carbocycles. The highest BCUT2D eigenvalue weighted by Gasteiger charge is 2.21. The van der Waals surface area contributed by atoms with Gasteiger partial charge in [-0.25, -0.2) is 8.42 Å². The zero-order chi connectivity index (χ0) is 24.1. The molecule has 0 unspecified atom stereocenters. The number of aryl methyl sites for hydroxylation is 1. The van der Waals surface area contributed by atoms with E-state index in [9.17, 15) is 13.2 Å². The summed E-state index contributed by atoms with van der Waals surface area (Å²) < 4.78 is 38.5. The van der Waals surface area contributed by atoms with Crippen LogP contribution in [0.2, 0.25) is 5.02 Å². The van der Waals surface area contributed by atoms with Crippen molar-refractivity contribution in [1.29, 1.82) is 0 Å². The number of carbonyl (C=O) groups is 1. The van der Waals surface area contributed by atoms with Crippen molar-refractivity contribution in [3.05, 3.63) is 82.9 Å². The number of halogens is 1. The monoisotopic (exact) mass is 500 g/mol. The molecular formula is C25H25ClN2O5S. The van der Waals surface area contributed by atoms with Gasteiger partial charge in [-0.05, 0) is 72.9 Å². The average Bonchev–Trinajstić information content (AvgIpc) is 2.83. The van der Waals surface area contributed by atoms with Crippen LogP contribution in [0.4, 0.5) is 5.69 Å². The lowest BCUT2D eigenvalue weighted by Crippen LogP contribution is -2.34. The van der Waals surface area contributed by atoms with Gasteiger partial charge in [-0.3, -0.25) is 9.52 Å². The topological polar surface area (TPSA) is 93.7 Å². The first kappa shape index (κ1) is 23.9. The molecule has 1 atom stereocenters. The number of sulfonamides is 1. The number of benzene rings is 3. The summed E-state index contributed by atoms with van der Waals surface area (Å²) >= 11 is 6.06. The van der Waals surface area contributed by atoms with E-state index in [4.69, 9.17) is 21.1 Å². The summed E-state index contributed by atoms with van der Waals surface area (Å²) in [5.74, 6) is 0.616. The molecule has 3 aromatic rings. The van der Waals surface area contributed by atoms with Crippen molar-refractivity contribution in [2.24, 2.45) is 0 Å². The van der Waals surface area contributed by atoms with Crippen LogP contribution in [0.25, 0.3) is 0 Å². The minimum atomic E-state index is -3.83. The van der Waals surface area contributed by atoms with Gasteiger partial charge in [0.25, 0.3) is 15.9 Å². The Kier molecular flexibility index (Phi) is 7.29. The third kappa shape index (κ3) is 5.63. The minimum absolute atomic E-state index is 0.0221. The molecule has 0 bridgehead atoms. The van der Waals surface area contributed by atoms with Gasteiger partial charge in [0, 0.05) is 0 Å². The Morgan fingerprint density at radius 3 is 2.59 bits per heavy atom. The molecule has 2 N–H and O–H groups in total. The van der Waals surface area contributed by atoms with Gasteiger partial charge < -0.3 is 14.8 Å². The van der Waals surface area contributed by atoms with Crippen molar-refractivity contribution in [3.8, 4) is 11.5 Å². The standard InChI is InChI=1S/C25H25ClN2O5S/c1-32-24-14-9-18(15-22(24)26)28-34(30,31)20-12-10-19(11-13-20)33-16-25(29)27-23-8-4-6-17-5-2-3-7-21(17)23/h2-3,5,7,9-15,23,28H,4,6,8,16H2,1H3,(H,27,29)/t23-/m0/s1. The summed E-state index contributed by atoms with van der Waals surface area (Å²) in [6, 6.07) is 18.6. The molecule has 178 valence electrons. The number of methoxy groups -OCH3 is 1. The van der Waals surface area contributed by atoms with E-state index < -0.39 is 10.0 Å². The molecule has 0 heterocycles. The third-order valence-corrected chi connectivity index (χ3v) is 7.31. The molecule has 9 heteroatoms. The molecule has 7 nitrogen and oxygen atoms in total. The smallest absolute Gasteiger partial charge is 0.261 e. The van der Waals surface area contributed by atoms with Crippen LogP contribution in [-0.2, 0) is 21.2 Å². The van der Waals surface area contributed by atoms with Crippen molar-refractivity contribution < 1.29 is 22.7 Å². The first-order chi connectivity index (χ1) is 16.4. The third-order valence-electron chi connectivity index (χ3n) is 5.61. The van der Waals surface area contributed by atoms with E-state index in [1.807, 2.05) is 18.2 Å². The van der Waals surface area contributed by atoms with Crippen LogP contribution in [0.1, 0.15) is 30.0 Å². The summed E-state index contributed by atoms with van der Waals surface area (Å²) in [6.07, 6.45) is 2.94. The van der Waals surface area contributed by atoms with Gasteiger partial charge in [-0.1, -0.05) is 35.9 Å². The number of ether oxygens (including phenoxy) is 2. The lowest BCUT2D eigenvalue weighted by atomic mass is 9.88. The normalized spacial score (nSPS) is 15.2. The Hall–Kier alpha value is -3.23. The summed E-state index contributed by atoms with van der Waals surface area (Å²) in [6.45, 7) is -0.159. The van der Waals surface area contributed by atoms with E-state index in [-0.39, 0.29) is 23.5 Å². The van der Waals surface area contributed by atoms with Crippen molar-refractivity contribution in [2.75, 3.05) is 18.4 Å². The number of hydrogen-bond donors (Lipinski definition) is 2. The van der Waals surface area contributed by atoms with Crippen LogP contribution in [-0.4, -0.2) is 28.0 Å². The Labute approximate surface area is 204 Å². The SMILES string of the molecule is COc1ccc(NS(=O)(=O)c2ccc(OCC(=O)N[C@H]3CCCc4ccccc43)cc2)cc1Cl. The quantitative estimate of drug-likeness (QED) is 0.466. The van der Waals surface area contributed by atoms with Crippen LogP contribution < -0.4 is 19.5 Å². The molecule has 1 aliphatic rings. The van der Waals surface area contributed by atoms with Gasteiger partial charge in [0.05, 0.1) is 28.8 Å². The fourth-order valence-electron chi connectivity index (χ4n) is 3.95. The fourth-order valence-corrected chi connectivity index (χ4v) is 5.25. The number of hydrogen-bond acceptors (Lipinski definition) is 5. The van der Waals surface area contributed by atoms with Gasteiger partial charge >= 0.3 is 0 Å². The molecule has 0 saturated heterocycles. The number of anilines is 1. The Bertz CT molecular complexity index is 1280. The highest BCUT2D eigenvalue weighted by molar-refractivity contribution is 7.92. The Morgan fingerprint density at radius 2 is 1.85 bits per heavy atom. The molecule has 4 rings (SSSR count). The first-order valence-corrected chi connectivity index (χ1v) is 12.7. The van der Waals surface area contributed by atoms with Crippen LogP contribution in [0.5, 0.6) is 11.5 Å². The second-order valence-corrected chi connectivity index (χ2v) is 10.0. The molecule has 34 heavy (non-hydrogen) atoms. The maximum absolute atomic E-state index is 12.7. The Morgan fingerprint density at radius 1 is 1.09 bits per heavy atom. The van der Waals surface area contributed by atoms with Gasteiger partial charge in [0.1, 0.15) is 11.5 Å². The molecule has 0 radical (unpaired) electrons. The van der Waals surface area contributed by atoms with Gasteiger partial charge in [0.2, 0.25) is 0 Å². The van der Waals surface area contributed by atoms with Crippen molar-refractivity contribution in [2.45, 2.75) is 30.2 Å². The lowest BCUT2D eigenvalue weighted by Gasteiger charge is -2.26. The number of carbonyl (C=O) groups excluding carboxylic acids is 1. The van der Waals surface area contributed by atoms with E-state index >= 15 is 0 Å². The van der Waals surface area contributed by atoms with E-state index in [0.29, 0.717) is 22.2 Å². The zero-order valence-corrected chi connectivity index (χ0v) is 20.2. The molecule has 0 spiro atoms. The van der Waals surface area contributed by atoms with Crippen LogP contribution >= 0.6 is 11.6 Å². The minimum Gasteiger partial charge on any atom is -0.495 e. The number of rotatable bonds is 8. The van der Waals surface area contributed by atoms with Crippen LogP contribution in [0.3, 0.4) is 0 Å². The van der Waals surface area contributed by atoms with Crippen LogP contribution in [0.15, 0.2) is 71.6 Å². The van der Waals surface area contributed by atoms with Crippen LogP contribution in [0, 0.1) is 0 Å². The van der Waals surface area contributed by atoms with E-state index in [2.05, 4.69) is 16.1 Å². The Balaban J connectivity index is 1.34. The van der Waals surface area contributed by atoms with E-state index in [0.717, 1.165) is 24.8 Å². The fraction of sp³-hybridized carbons (Fsp3) is 0.240. The predicted molar refractivity (Wildman–Crippen MR) is 131 cm³/mol. The summed E-state index contributed by atoms with van der Waals surface area (Å²) in [7, 11) is -2.35. The molecule has 0 fully saturated rings. The maximum atomic E-state index is 12.7. The van der Waals surface area contributed by atoms with Crippen molar-refractivity contribution in [3.63, 3.8) is 0 Å². The second kappa shape index (κ2) is 10.4. The largest absolute Gasteiger partial charge is 0.495 e. The van der Waals surface area contributed by atoms with Gasteiger partial charge in [-0.15, -0.1) is 0 Å². The molecule has 0 aromatic heterocycles. The van der Waals surface area contributed by atoms with Crippen molar-refractivity contribution in [1.82, 2.24) is 5.32 Å². The molecule has 0 saturated carbocycles. The molecular weight excluding hydrogens is 476 g/mol. The van der Waals surface area contributed by atoms with E-state index in [1.54, 1.807) is 12.1 Å². The number of nitrogens with one attached hydrogen (secondary N) is 2. The number of amides is 1. The van der Waals surface area contributed by atoms with Crippen molar-refractivity contribution >= 4 is 33.2 Å². The summed E-state index contributed by atoms with van der Waals surface area (Å²) in [5, 5.41) is 3.32. The van der Waals surface area contributed by atoms with Gasteiger partial charge in [-0.2, -0.15) is 0 Å². The lowest BCUT2D eigenvalue weighted by molar-refractivity contribution is -0.124. The predicted octanol–water partition coefficient (Wildman–Crippen LogP) is 4.72.